The van der Waals surface area contributed by atoms with Gasteiger partial charge in [0, 0.05) is 10.8 Å². The summed E-state index contributed by atoms with van der Waals surface area (Å²) < 4.78 is 0. The highest BCUT2D eigenvalue weighted by Gasteiger charge is 2.37. The van der Waals surface area contributed by atoms with Crippen molar-refractivity contribution in [1.29, 1.82) is 0 Å². The molecular formula is C72H50. The van der Waals surface area contributed by atoms with Gasteiger partial charge in [0.2, 0.25) is 0 Å². The first kappa shape index (κ1) is 41.2. The van der Waals surface area contributed by atoms with Crippen molar-refractivity contribution in [3.8, 4) is 66.8 Å². The second-order valence-electron chi connectivity index (χ2n) is 21.6. The minimum Gasteiger partial charge on any atom is -0.0619 e. The van der Waals surface area contributed by atoms with Gasteiger partial charge in [0.05, 0.1) is 0 Å². The Balaban J connectivity index is 0.746. The Kier molecular flexibility index (Phi) is 8.57. The molecular weight excluding hydrogens is 865 g/mol. The molecule has 0 nitrogen and oxygen atoms in total. The molecule has 0 atom stereocenters. The lowest BCUT2D eigenvalue weighted by molar-refractivity contribution is 0.659. The molecule has 338 valence electrons. The van der Waals surface area contributed by atoms with Gasteiger partial charge in [-0.25, -0.2) is 0 Å². The van der Waals surface area contributed by atoms with Crippen LogP contribution in [0.2, 0.25) is 0 Å². The lowest BCUT2D eigenvalue weighted by Gasteiger charge is -2.23. The van der Waals surface area contributed by atoms with Crippen molar-refractivity contribution in [3.05, 3.63) is 253 Å². The van der Waals surface area contributed by atoms with Crippen molar-refractivity contribution in [2.45, 2.75) is 38.5 Å². The van der Waals surface area contributed by atoms with Crippen molar-refractivity contribution >= 4 is 64.6 Å². The normalized spacial score (nSPS) is 14.1. The fourth-order valence-corrected chi connectivity index (χ4v) is 13.2. The van der Waals surface area contributed by atoms with Gasteiger partial charge < -0.3 is 0 Å². The van der Waals surface area contributed by atoms with E-state index in [0.29, 0.717) is 0 Å². The smallest absolute Gasteiger partial charge is 0.0159 e. The Morgan fingerprint density at radius 1 is 0.208 bits per heavy atom. The van der Waals surface area contributed by atoms with Gasteiger partial charge in [-0.3, -0.25) is 0 Å². The van der Waals surface area contributed by atoms with Gasteiger partial charge in [0.25, 0.3) is 0 Å². The Hall–Kier alpha value is -8.58. The average Bonchev–Trinajstić information content (AvgIpc) is 3.80. The van der Waals surface area contributed by atoms with Crippen LogP contribution >= 0.6 is 0 Å². The van der Waals surface area contributed by atoms with Gasteiger partial charge in [0.15, 0.2) is 0 Å². The van der Waals surface area contributed by atoms with E-state index in [1.165, 1.54) is 154 Å². The molecule has 0 heterocycles. The van der Waals surface area contributed by atoms with Crippen LogP contribution in [0.5, 0.6) is 0 Å². The Bertz CT molecular complexity index is 4500. The van der Waals surface area contributed by atoms with Crippen LogP contribution in [0.1, 0.15) is 49.9 Å². The summed E-state index contributed by atoms with van der Waals surface area (Å²) in [5, 5.41) is 15.4. The highest BCUT2D eigenvalue weighted by atomic mass is 14.4. The maximum Gasteiger partial charge on any atom is 0.0159 e. The minimum atomic E-state index is -0.136. The van der Waals surface area contributed by atoms with Crippen LogP contribution in [0, 0.1) is 0 Å². The van der Waals surface area contributed by atoms with Crippen molar-refractivity contribution < 1.29 is 0 Å². The Morgan fingerprint density at radius 3 is 1.11 bits per heavy atom. The quantitative estimate of drug-likeness (QED) is 0.154. The number of fused-ring (bicyclic) bond motifs is 16. The molecule has 13 aromatic carbocycles. The van der Waals surface area contributed by atoms with Gasteiger partial charge in [-0.1, -0.05) is 210 Å². The lowest BCUT2D eigenvalue weighted by atomic mass is 9.80. The maximum atomic E-state index is 2.46. The molecule has 0 fully saturated rings. The van der Waals surface area contributed by atoms with E-state index in [-0.39, 0.29) is 10.8 Å². The summed E-state index contributed by atoms with van der Waals surface area (Å²) in [6.45, 7) is 9.53. The van der Waals surface area contributed by atoms with Crippen molar-refractivity contribution in [3.63, 3.8) is 0 Å². The standard InChI is InChI=1S/C72H50/c1-71(2)66-20-12-11-17-58(66)59-32-30-50(40-67(59)71)51-31-34-61-60-33-29-49(39-68(60)72(3,4)69(61)41-51)47-27-26-44-35-46(25-24-45(44)36-47)48-23-21-43-22-28-52(38-53(43)37-48)64-42-65-56-15-6-5-13-54(56)55-14-7-9-18-62(55)70(65)63-19-10-8-16-57(63)64/h5-42H,1-4H3. The van der Waals surface area contributed by atoms with E-state index in [0.717, 1.165) is 0 Å². The second-order valence-corrected chi connectivity index (χ2v) is 21.6. The summed E-state index contributed by atoms with van der Waals surface area (Å²) in [5.41, 5.74) is 20.9. The highest BCUT2D eigenvalue weighted by molar-refractivity contribution is 6.33. The first-order chi connectivity index (χ1) is 35.2. The summed E-state index contributed by atoms with van der Waals surface area (Å²) in [4.78, 5) is 0. The van der Waals surface area contributed by atoms with E-state index in [1.54, 1.807) is 0 Å². The van der Waals surface area contributed by atoms with Crippen LogP contribution in [0.4, 0.5) is 0 Å². The first-order valence-corrected chi connectivity index (χ1v) is 25.6. The van der Waals surface area contributed by atoms with Crippen molar-refractivity contribution in [2.24, 2.45) is 0 Å². The van der Waals surface area contributed by atoms with Crippen LogP contribution in [-0.2, 0) is 10.8 Å². The van der Waals surface area contributed by atoms with E-state index in [2.05, 4.69) is 258 Å². The zero-order valence-electron chi connectivity index (χ0n) is 40.9. The third kappa shape index (κ3) is 5.93. The molecule has 0 bridgehead atoms. The molecule has 0 radical (unpaired) electrons. The van der Waals surface area contributed by atoms with Crippen molar-refractivity contribution in [2.75, 3.05) is 0 Å². The molecule has 72 heavy (non-hydrogen) atoms. The molecule has 0 aromatic heterocycles. The van der Waals surface area contributed by atoms with Gasteiger partial charge in [-0.2, -0.15) is 0 Å². The zero-order valence-corrected chi connectivity index (χ0v) is 40.9. The van der Waals surface area contributed by atoms with Gasteiger partial charge in [-0.15, -0.1) is 0 Å². The van der Waals surface area contributed by atoms with E-state index >= 15 is 0 Å². The zero-order chi connectivity index (χ0) is 48.0. The predicted molar refractivity (Wildman–Crippen MR) is 308 cm³/mol. The fraction of sp³-hybridized carbons (Fsp3) is 0.0833. The Labute approximate surface area is 420 Å². The van der Waals surface area contributed by atoms with E-state index in [9.17, 15) is 0 Å². The first-order valence-electron chi connectivity index (χ1n) is 25.6. The van der Waals surface area contributed by atoms with Gasteiger partial charge >= 0.3 is 0 Å². The molecule has 0 N–H and O–H groups in total. The van der Waals surface area contributed by atoms with Crippen molar-refractivity contribution in [1.82, 2.24) is 0 Å². The van der Waals surface area contributed by atoms with Crippen LogP contribution < -0.4 is 0 Å². The summed E-state index contributed by atoms with van der Waals surface area (Å²) >= 11 is 0. The number of benzene rings is 13. The molecule has 0 saturated carbocycles. The van der Waals surface area contributed by atoms with E-state index in [4.69, 9.17) is 0 Å². The molecule has 0 heteroatoms. The van der Waals surface area contributed by atoms with Crippen LogP contribution in [0.15, 0.2) is 231 Å². The fourth-order valence-electron chi connectivity index (χ4n) is 13.2. The third-order valence-corrected chi connectivity index (χ3v) is 17.0. The van der Waals surface area contributed by atoms with Gasteiger partial charge in [-0.05, 0) is 202 Å². The van der Waals surface area contributed by atoms with Gasteiger partial charge in [0.1, 0.15) is 0 Å². The summed E-state index contributed by atoms with van der Waals surface area (Å²) in [7, 11) is 0. The van der Waals surface area contributed by atoms with Crippen LogP contribution in [0.25, 0.3) is 131 Å². The molecule has 0 aliphatic heterocycles. The summed E-state index contributed by atoms with van der Waals surface area (Å²) in [5.74, 6) is 0. The lowest BCUT2D eigenvalue weighted by Crippen LogP contribution is -2.15. The number of hydrogen-bond acceptors (Lipinski definition) is 0. The molecule has 0 saturated heterocycles. The molecule has 0 spiro atoms. The molecule has 0 amide bonds. The SMILES string of the molecule is CC1(C)c2ccccc2-c2ccc(-c3ccc4c(c3)C(C)(C)c3cc(-c5ccc6cc(-c7ccc8ccc(-c9cc%10c%11ccccc%11c%11ccccc%11c%10c%10ccccc9%10)cc8c7)ccc6c5)ccc3-4)cc21. The molecule has 2 aliphatic rings. The Morgan fingerprint density at radius 2 is 0.556 bits per heavy atom. The van der Waals surface area contributed by atoms with E-state index < -0.39 is 0 Å². The number of rotatable bonds is 4. The highest BCUT2D eigenvalue weighted by Crippen LogP contribution is 2.53. The molecule has 0 unspecified atom stereocenters. The van der Waals surface area contributed by atoms with Crippen LogP contribution in [0.3, 0.4) is 0 Å². The summed E-state index contributed by atoms with van der Waals surface area (Å²) in [6, 6.07) is 87.4. The largest absolute Gasteiger partial charge is 0.0619 e. The molecule has 15 rings (SSSR count). The maximum absolute atomic E-state index is 2.46. The third-order valence-electron chi connectivity index (χ3n) is 17.0. The number of hydrogen-bond donors (Lipinski definition) is 0. The average molecular weight is 915 g/mol. The van der Waals surface area contributed by atoms with E-state index in [1.807, 2.05) is 0 Å². The molecule has 2 aliphatic carbocycles. The van der Waals surface area contributed by atoms with Crippen LogP contribution in [-0.4, -0.2) is 0 Å². The second kappa shape index (κ2) is 15.0. The summed E-state index contributed by atoms with van der Waals surface area (Å²) in [6.07, 6.45) is 0. The predicted octanol–water partition coefficient (Wildman–Crippen LogP) is 19.9. The minimum absolute atomic E-state index is 0.0253. The topological polar surface area (TPSA) is 0 Å². The monoisotopic (exact) mass is 914 g/mol. The molecule has 13 aromatic rings.